The average Bonchev–Trinajstić information content (AvgIpc) is 1.98. The molecule has 0 aliphatic carbocycles. The molecule has 0 aromatic heterocycles. The highest BCUT2D eigenvalue weighted by Crippen LogP contribution is 1.98. The van der Waals surface area contributed by atoms with Crippen LogP contribution < -0.4 is 11.5 Å². The van der Waals surface area contributed by atoms with Crippen LogP contribution in [0, 0.1) is 0 Å². The smallest absolute Gasteiger partial charge is 0.320 e. The van der Waals surface area contributed by atoms with Crippen molar-refractivity contribution in [1.29, 1.82) is 0 Å². The van der Waals surface area contributed by atoms with E-state index in [4.69, 9.17) is 16.6 Å². The van der Waals surface area contributed by atoms with E-state index in [-0.39, 0.29) is 12.8 Å². The van der Waals surface area contributed by atoms with Crippen LogP contribution in [-0.2, 0) is 14.3 Å². The lowest BCUT2D eigenvalue weighted by Crippen LogP contribution is -2.31. The number of carboxylic acid groups (broad SMARTS) is 1. The Morgan fingerprint density at radius 2 is 2.00 bits per heavy atom. The van der Waals surface area contributed by atoms with Crippen molar-refractivity contribution in [3.63, 3.8) is 0 Å². The van der Waals surface area contributed by atoms with E-state index in [9.17, 15) is 9.59 Å². The van der Waals surface area contributed by atoms with Crippen molar-refractivity contribution in [2.24, 2.45) is 11.5 Å². The van der Waals surface area contributed by atoms with E-state index in [1.54, 1.807) is 0 Å². The van der Waals surface area contributed by atoms with Gasteiger partial charge in [0.2, 0.25) is 0 Å². The van der Waals surface area contributed by atoms with Crippen LogP contribution in [0.5, 0.6) is 0 Å². The molecular weight excluding hydrogens is 176 g/mol. The van der Waals surface area contributed by atoms with Gasteiger partial charge in [-0.25, -0.2) is 0 Å². The van der Waals surface area contributed by atoms with Gasteiger partial charge < -0.3 is 15.6 Å². The van der Waals surface area contributed by atoms with Crippen molar-refractivity contribution in [1.82, 2.24) is 0 Å². The minimum atomic E-state index is -1.13. The first-order chi connectivity index (χ1) is 5.93. The molecule has 0 saturated heterocycles. The molecule has 6 heteroatoms. The fourth-order valence-corrected chi connectivity index (χ4v) is 0.663. The molecule has 0 amide bonds. The van der Waals surface area contributed by atoms with Gasteiger partial charge in [-0.15, -0.1) is 0 Å². The van der Waals surface area contributed by atoms with E-state index < -0.39 is 24.2 Å². The predicted molar refractivity (Wildman–Crippen MR) is 44.6 cm³/mol. The lowest BCUT2D eigenvalue weighted by atomic mass is 10.2. The zero-order valence-electron chi connectivity index (χ0n) is 7.40. The van der Waals surface area contributed by atoms with Crippen LogP contribution in [0.3, 0.4) is 0 Å². The number of nitrogens with two attached hydrogens (primary N) is 2. The van der Waals surface area contributed by atoms with E-state index in [1.807, 2.05) is 0 Å². The summed E-state index contributed by atoms with van der Waals surface area (Å²) in [6.07, 6.45) is -0.649. The summed E-state index contributed by atoms with van der Waals surface area (Å²) in [5, 5.41) is 8.37. The van der Waals surface area contributed by atoms with Crippen LogP contribution in [-0.4, -0.2) is 29.3 Å². The Hall–Kier alpha value is -1.14. The number of carbonyl (C=O) groups excluding carboxylic acids is 1. The summed E-state index contributed by atoms with van der Waals surface area (Å²) in [5.41, 5.74) is 10.3. The molecule has 0 heterocycles. The first-order valence-electron chi connectivity index (χ1n) is 3.87. The monoisotopic (exact) mass is 190 g/mol. The Morgan fingerprint density at radius 3 is 2.38 bits per heavy atom. The van der Waals surface area contributed by atoms with Gasteiger partial charge >= 0.3 is 11.9 Å². The van der Waals surface area contributed by atoms with Crippen molar-refractivity contribution < 1.29 is 19.4 Å². The average molecular weight is 190 g/mol. The molecule has 1 unspecified atom stereocenters. The number of carbonyl (C=O) groups is 2. The molecular formula is C7H14N2O4. The summed E-state index contributed by atoms with van der Waals surface area (Å²) in [4.78, 5) is 21.1. The molecule has 0 radical (unpaired) electrons. The normalized spacial score (nSPS) is 14.7. The number of rotatable bonds is 5. The molecule has 0 fully saturated rings. The van der Waals surface area contributed by atoms with Crippen LogP contribution in [0.4, 0.5) is 0 Å². The molecule has 0 rings (SSSR count). The van der Waals surface area contributed by atoms with Gasteiger partial charge in [-0.1, -0.05) is 0 Å². The first-order valence-corrected chi connectivity index (χ1v) is 3.87. The summed E-state index contributed by atoms with van der Waals surface area (Å²) in [5.74, 6) is -1.67. The fourth-order valence-electron chi connectivity index (χ4n) is 0.663. The Kier molecular flexibility index (Phi) is 5.01. The number of hydrogen-bond acceptors (Lipinski definition) is 5. The Bertz CT molecular complexity index is 193. The van der Waals surface area contributed by atoms with Gasteiger partial charge in [0.15, 0.2) is 0 Å². The second-order valence-corrected chi connectivity index (χ2v) is 2.68. The van der Waals surface area contributed by atoms with Gasteiger partial charge in [-0.05, 0) is 13.3 Å². The second-order valence-electron chi connectivity index (χ2n) is 2.68. The van der Waals surface area contributed by atoms with Gasteiger partial charge in [-0.3, -0.25) is 15.3 Å². The molecule has 2 atom stereocenters. The Morgan fingerprint density at radius 1 is 1.46 bits per heavy atom. The SMILES string of the molecule is CC(N)OC(=O)CC[C@H](N)C(=O)O. The van der Waals surface area contributed by atoms with Crippen molar-refractivity contribution in [2.45, 2.75) is 32.0 Å². The molecule has 0 spiro atoms. The molecule has 76 valence electrons. The topological polar surface area (TPSA) is 116 Å². The molecule has 0 aliphatic heterocycles. The van der Waals surface area contributed by atoms with Crippen LogP contribution in [0.1, 0.15) is 19.8 Å². The van der Waals surface area contributed by atoms with Gasteiger partial charge in [0.25, 0.3) is 0 Å². The third-order valence-corrected chi connectivity index (χ3v) is 1.29. The third kappa shape index (κ3) is 6.06. The number of hydrogen-bond donors (Lipinski definition) is 3. The molecule has 5 N–H and O–H groups in total. The fraction of sp³-hybridized carbons (Fsp3) is 0.714. The van der Waals surface area contributed by atoms with Gasteiger partial charge in [0.05, 0.1) is 0 Å². The summed E-state index contributed by atoms with van der Waals surface area (Å²) in [6.45, 7) is 1.51. The quantitative estimate of drug-likeness (QED) is 0.379. The van der Waals surface area contributed by atoms with E-state index in [0.29, 0.717) is 0 Å². The molecule has 0 bridgehead atoms. The highest BCUT2D eigenvalue weighted by atomic mass is 16.6. The lowest BCUT2D eigenvalue weighted by molar-refractivity contribution is -0.148. The highest BCUT2D eigenvalue weighted by Gasteiger charge is 2.14. The summed E-state index contributed by atoms with van der Waals surface area (Å²) in [6, 6.07) is -1.03. The summed E-state index contributed by atoms with van der Waals surface area (Å²) in [7, 11) is 0. The van der Waals surface area contributed by atoms with Crippen molar-refractivity contribution >= 4 is 11.9 Å². The Labute approximate surface area is 75.8 Å². The number of carboxylic acids is 1. The molecule has 0 aromatic rings. The minimum Gasteiger partial charge on any atom is -0.480 e. The van der Waals surface area contributed by atoms with Gasteiger partial charge in [0.1, 0.15) is 12.3 Å². The molecule has 13 heavy (non-hydrogen) atoms. The number of esters is 1. The zero-order chi connectivity index (χ0) is 10.4. The second kappa shape index (κ2) is 5.50. The third-order valence-electron chi connectivity index (χ3n) is 1.29. The Balaban J connectivity index is 3.64. The lowest BCUT2D eigenvalue weighted by Gasteiger charge is -2.08. The summed E-state index contributed by atoms with van der Waals surface area (Å²) >= 11 is 0. The molecule has 0 aliphatic rings. The molecule has 0 aromatic carbocycles. The highest BCUT2D eigenvalue weighted by molar-refractivity contribution is 5.75. The maximum Gasteiger partial charge on any atom is 0.320 e. The zero-order valence-corrected chi connectivity index (χ0v) is 7.40. The van der Waals surface area contributed by atoms with Gasteiger partial charge in [-0.2, -0.15) is 0 Å². The van der Waals surface area contributed by atoms with Crippen molar-refractivity contribution in [3.05, 3.63) is 0 Å². The largest absolute Gasteiger partial charge is 0.480 e. The van der Waals surface area contributed by atoms with E-state index >= 15 is 0 Å². The van der Waals surface area contributed by atoms with Gasteiger partial charge in [0, 0.05) is 6.42 Å². The van der Waals surface area contributed by atoms with Crippen LogP contribution >= 0.6 is 0 Å². The van der Waals surface area contributed by atoms with E-state index in [2.05, 4.69) is 4.74 Å². The molecule has 0 saturated carbocycles. The van der Waals surface area contributed by atoms with Crippen molar-refractivity contribution in [3.8, 4) is 0 Å². The van der Waals surface area contributed by atoms with E-state index in [0.717, 1.165) is 0 Å². The first kappa shape index (κ1) is 11.9. The summed E-state index contributed by atoms with van der Waals surface area (Å²) < 4.78 is 4.57. The van der Waals surface area contributed by atoms with Crippen LogP contribution in [0.25, 0.3) is 0 Å². The minimum absolute atomic E-state index is 0.0327. The van der Waals surface area contributed by atoms with Crippen molar-refractivity contribution in [2.75, 3.05) is 0 Å². The van der Waals surface area contributed by atoms with Crippen LogP contribution in [0.15, 0.2) is 0 Å². The number of ether oxygens (including phenoxy) is 1. The van der Waals surface area contributed by atoms with E-state index in [1.165, 1.54) is 6.92 Å². The number of aliphatic carboxylic acids is 1. The predicted octanol–water partition coefficient (Wildman–Crippen LogP) is -0.974. The standard InChI is InChI=1S/C7H14N2O4/c1-4(8)13-6(10)3-2-5(9)7(11)12/h4-5H,2-3,8-9H2,1H3,(H,11,12)/t4?,5-/m0/s1. The van der Waals surface area contributed by atoms with Crippen LogP contribution in [0.2, 0.25) is 0 Å². The molecule has 6 nitrogen and oxygen atoms in total. The maximum absolute atomic E-state index is 10.8. The maximum atomic E-state index is 10.8.